The maximum atomic E-state index is 14.6. The highest BCUT2D eigenvalue weighted by Gasteiger charge is 2.35. The zero-order valence-electron chi connectivity index (χ0n) is 27.6. The van der Waals surface area contributed by atoms with Crippen LogP contribution in [0.2, 0.25) is 0 Å². The molecule has 0 saturated carbocycles. The molecule has 4 aromatic carbocycles. The summed E-state index contributed by atoms with van der Waals surface area (Å²) in [7, 11) is -2.65. The van der Waals surface area contributed by atoms with E-state index in [1.165, 1.54) is 17.0 Å². The number of aryl methyl sites for hydroxylation is 1. The molecule has 0 saturated heterocycles. The van der Waals surface area contributed by atoms with E-state index in [0.717, 1.165) is 21.0 Å². The van der Waals surface area contributed by atoms with Crippen molar-refractivity contribution in [2.45, 2.75) is 57.6 Å². The average molecular weight is 658 g/mol. The van der Waals surface area contributed by atoms with E-state index in [-0.39, 0.29) is 35.5 Å². The predicted molar refractivity (Wildman–Crippen MR) is 184 cm³/mol. The fourth-order valence-corrected chi connectivity index (χ4v) is 6.56. The Morgan fingerprint density at radius 1 is 0.830 bits per heavy atom. The third-order valence-corrected chi connectivity index (χ3v) is 9.30. The van der Waals surface area contributed by atoms with Gasteiger partial charge in [0, 0.05) is 19.0 Å². The lowest BCUT2D eigenvalue weighted by Crippen LogP contribution is -2.54. The summed E-state index contributed by atoms with van der Waals surface area (Å²) in [6.45, 7) is 7.38. The van der Waals surface area contributed by atoms with E-state index in [1.807, 2.05) is 70.2 Å². The summed E-state index contributed by atoms with van der Waals surface area (Å²) in [5.41, 5.74) is 2.77. The van der Waals surface area contributed by atoms with E-state index in [0.29, 0.717) is 18.1 Å². The van der Waals surface area contributed by atoms with Crippen molar-refractivity contribution in [3.05, 3.63) is 120 Å². The third kappa shape index (κ3) is 9.36. The first-order chi connectivity index (χ1) is 22.5. The number of methoxy groups -OCH3 is 1. The second-order valence-corrected chi connectivity index (χ2v) is 13.4. The van der Waals surface area contributed by atoms with Crippen LogP contribution in [-0.2, 0) is 32.6 Å². The predicted octanol–water partition coefficient (Wildman–Crippen LogP) is 5.76. The van der Waals surface area contributed by atoms with Crippen LogP contribution >= 0.6 is 0 Å². The molecule has 4 rings (SSSR count). The standard InChI is InChI=1S/C37H43N3O6S/c1-6-46-32-19-17-31(18-20-32)40(47(43,44)34-21-15-28(4)16-22-34)26-36(41)39(25-30-13-10-14-33(23-30)45-5)35(37(42)38-27(2)3)24-29-11-8-7-9-12-29/h7-23,27,35H,6,24-26H2,1-5H3,(H,38,42). The van der Waals surface area contributed by atoms with Gasteiger partial charge in [0.1, 0.15) is 24.1 Å². The minimum absolute atomic E-state index is 0.0424. The second kappa shape index (κ2) is 16.1. The molecule has 0 aromatic heterocycles. The van der Waals surface area contributed by atoms with Gasteiger partial charge in [-0.1, -0.05) is 60.2 Å². The van der Waals surface area contributed by atoms with Crippen LogP contribution in [0.3, 0.4) is 0 Å². The number of carbonyl (C=O) groups is 2. The monoisotopic (exact) mass is 657 g/mol. The Morgan fingerprint density at radius 2 is 1.49 bits per heavy atom. The Hall–Kier alpha value is -4.83. The molecule has 9 nitrogen and oxygen atoms in total. The molecule has 0 radical (unpaired) electrons. The number of carbonyl (C=O) groups excluding carboxylic acids is 2. The zero-order chi connectivity index (χ0) is 34.0. The quantitative estimate of drug-likeness (QED) is 0.174. The molecule has 10 heteroatoms. The minimum Gasteiger partial charge on any atom is -0.497 e. The van der Waals surface area contributed by atoms with Crippen molar-refractivity contribution in [2.75, 3.05) is 24.6 Å². The van der Waals surface area contributed by atoms with Gasteiger partial charge in [-0.15, -0.1) is 0 Å². The lowest BCUT2D eigenvalue weighted by Gasteiger charge is -2.34. The van der Waals surface area contributed by atoms with Crippen molar-refractivity contribution in [3.63, 3.8) is 0 Å². The Labute approximate surface area is 278 Å². The second-order valence-electron chi connectivity index (χ2n) is 11.5. The van der Waals surface area contributed by atoms with Gasteiger partial charge in [0.15, 0.2) is 0 Å². The zero-order valence-corrected chi connectivity index (χ0v) is 28.4. The number of hydrogen-bond donors (Lipinski definition) is 1. The van der Waals surface area contributed by atoms with Crippen molar-refractivity contribution < 1.29 is 27.5 Å². The molecule has 0 aliphatic rings. The van der Waals surface area contributed by atoms with E-state index < -0.39 is 28.5 Å². The first-order valence-electron chi connectivity index (χ1n) is 15.6. The minimum atomic E-state index is -4.21. The van der Waals surface area contributed by atoms with E-state index in [4.69, 9.17) is 9.47 Å². The molecule has 248 valence electrons. The van der Waals surface area contributed by atoms with E-state index in [9.17, 15) is 18.0 Å². The van der Waals surface area contributed by atoms with Crippen LogP contribution in [0.5, 0.6) is 11.5 Å². The van der Waals surface area contributed by atoms with Crippen LogP contribution in [-0.4, -0.2) is 57.5 Å². The lowest BCUT2D eigenvalue weighted by molar-refractivity contribution is -0.140. The van der Waals surface area contributed by atoms with E-state index in [1.54, 1.807) is 55.6 Å². The molecule has 1 N–H and O–H groups in total. The Balaban J connectivity index is 1.81. The van der Waals surface area contributed by atoms with Gasteiger partial charge < -0.3 is 19.7 Å². The lowest BCUT2D eigenvalue weighted by atomic mass is 10.0. The molecule has 4 aromatic rings. The van der Waals surface area contributed by atoms with Crippen molar-refractivity contribution in [1.29, 1.82) is 0 Å². The Morgan fingerprint density at radius 3 is 2.11 bits per heavy atom. The van der Waals surface area contributed by atoms with Gasteiger partial charge in [-0.25, -0.2) is 8.42 Å². The molecule has 1 unspecified atom stereocenters. The molecular weight excluding hydrogens is 614 g/mol. The fraction of sp³-hybridized carbons (Fsp3) is 0.297. The van der Waals surface area contributed by atoms with E-state index >= 15 is 0 Å². The summed E-state index contributed by atoms with van der Waals surface area (Å²) in [6, 6.07) is 28.6. The summed E-state index contributed by atoms with van der Waals surface area (Å²) in [5, 5.41) is 2.97. The molecule has 0 fully saturated rings. The Kier molecular flexibility index (Phi) is 12.0. The SMILES string of the molecule is CCOc1ccc(N(CC(=O)N(Cc2cccc(OC)c2)C(Cc2ccccc2)C(=O)NC(C)C)S(=O)(=O)c2ccc(C)cc2)cc1. The van der Waals surface area contributed by atoms with Gasteiger partial charge in [0.05, 0.1) is 24.3 Å². The molecule has 0 aliphatic carbocycles. The number of rotatable bonds is 15. The largest absolute Gasteiger partial charge is 0.497 e. The fourth-order valence-electron chi connectivity index (χ4n) is 5.14. The topological polar surface area (TPSA) is 105 Å². The number of benzene rings is 4. The number of ether oxygens (including phenoxy) is 2. The number of nitrogens with zero attached hydrogens (tertiary/aromatic N) is 2. The first-order valence-corrected chi connectivity index (χ1v) is 17.0. The summed E-state index contributed by atoms with van der Waals surface area (Å²) < 4.78 is 40.5. The molecule has 0 heterocycles. The summed E-state index contributed by atoms with van der Waals surface area (Å²) in [4.78, 5) is 29.9. The highest BCUT2D eigenvalue weighted by molar-refractivity contribution is 7.92. The highest BCUT2D eigenvalue weighted by atomic mass is 32.2. The van der Waals surface area contributed by atoms with Gasteiger partial charge >= 0.3 is 0 Å². The van der Waals surface area contributed by atoms with Crippen molar-refractivity contribution in [3.8, 4) is 11.5 Å². The van der Waals surface area contributed by atoms with Crippen LogP contribution in [0.25, 0.3) is 0 Å². The third-order valence-electron chi connectivity index (χ3n) is 7.51. The number of anilines is 1. The maximum absolute atomic E-state index is 14.6. The highest BCUT2D eigenvalue weighted by Crippen LogP contribution is 2.27. The van der Waals surface area contributed by atoms with Crippen LogP contribution in [0.15, 0.2) is 108 Å². The van der Waals surface area contributed by atoms with Crippen molar-refractivity contribution >= 4 is 27.5 Å². The normalized spacial score (nSPS) is 11.9. The smallest absolute Gasteiger partial charge is 0.264 e. The molecule has 0 aliphatic heterocycles. The number of hydrogen-bond acceptors (Lipinski definition) is 6. The molecule has 0 spiro atoms. The molecule has 1 atom stereocenters. The first kappa shape index (κ1) is 35.0. The van der Waals surface area contributed by atoms with Crippen LogP contribution in [0.1, 0.15) is 37.5 Å². The maximum Gasteiger partial charge on any atom is 0.264 e. The molecular formula is C37H43N3O6S. The van der Waals surface area contributed by atoms with Gasteiger partial charge in [0.25, 0.3) is 10.0 Å². The van der Waals surface area contributed by atoms with Crippen LogP contribution in [0, 0.1) is 6.92 Å². The van der Waals surface area contributed by atoms with Crippen molar-refractivity contribution in [1.82, 2.24) is 10.2 Å². The van der Waals surface area contributed by atoms with Gasteiger partial charge in [0.2, 0.25) is 11.8 Å². The summed E-state index contributed by atoms with van der Waals surface area (Å²) in [6.07, 6.45) is 0.225. The number of sulfonamides is 1. The average Bonchev–Trinajstić information content (AvgIpc) is 3.06. The molecule has 0 bridgehead atoms. The number of nitrogens with one attached hydrogen (secondary N) is 1. The molecule has 47 heavy (non-hydrogen) atoms. The van der Waals surface area contributed by atoms with Crippen LogP contribution in [0.4, 0.5) is 5.69 Å². The van der Waals surface area contributed by atoms with Crippen molar-refractivity contribution in [2.24, 2.45) is 0 Å². The van der Waals surface area contributed by atoms with Crippen LogP contribution < -0.4 is 19.1 Å². The Bertz CT molecular complexity index is 1730. The van der Waals surface area contributed by atoms with Gasteiger partial charge in [-0.05, 0) is 87.4 Å². The molecule has 2 amide bonds. The van der Waals surface area contributed by atoms with Gasteiger partial charge in [-0.3, -0.25) is 13.9 Å². The number of amides is 2. The summed E-state index contributed by atoms with van der Waals surface area (Å²) >= 11 is 0. The summed E-state index contributed by atoms with van der Waals surface area (Å²) in [5.74, 6) is 0.286. The van der Waals surface area contributed by atoms with E-state index in [2.05, 4.69) is 5.32 Å². The van der Waals surface area contributed by atoms with Gasteiger partial charge in [-0.2, -0.15) is 0 Å².